The lowest BCUT2D eigenvalue weighted by atomic mass is 9.84. The van der Waals surface area contributed by atoms with Gasteiger partial charge in [0.2, 0.25) is 0 Å². The Hall–Kier alpha value is -1.18. The molecule has 1 aromatic heterocycles. The summed E-state index contributed by atoms with van der Waals surface area (Å²) in [6.45, 7) is 13.1. The van der Waals surface area contributed by atoms with Crippen LogP contribution in [0.25, 0.3) is 0 Å². The van der Waals surface area contributed by atoms with Crippen LogP contribution in [0.4, 0.5) is 10.2 Å². The van der Waals surface area contributed by atoms with E-state index in [1.807, 2.05) is 46.4 Å². The van der Waals surface area contributed by atoms with Crippen LogP contribution >= 0.6 is 0 Å². The molecule has 0 amide bonds. The van der Waals surface area contributed by atoms with Crippen molar-refractivity contribution in [1.29, 1.82) is 0 Å². The molecule has 0 unspecified atom stereocenters. The lowest BCUT2D eigenvalue weighted by Crippen LogP contribution is -2.47. The molecular formula is C17H26BFN2O3. The third kappa shape index (κ3) is 3.17. The quantitative estimate of drug-likeness (QED) is 0.774. The van der Waals surface area contributed by atoms with Gasteiger partial charge in [-0.1, -0.05) is 0 Å². The van der Waals surface area contributed by atoms with Gasteiger partial charge in [0.15, 0.2) is 11.6 Å². The standard InChI is InChI=1S/C17H26BFN2O3/c1-11-9-21(10-12(2)22-11)15-13(19)7-8-14(20-15)18-23-16(3,4)17(5,6)24-18/h7-8,11-12H,9-10H2,1-6H3/t11-,12+. The van der Waals surface area contributed by atoms with Gasteiger partial charge in [-0.25, -0.2) is 9.37 Å². The molecule has 0 spiro atoms. The average molecular weight is 336 g/mol. The minimum absolute atomic E-state index is 0.0375. The minimum atomic E-state index is -0.592. The number of hydrogen-bond acceptors (Lipinski definition) is 5. The van der Waals surface area contributed by atoms with Gasteiger partial charge >= 0.3 is 7.12 Å². The summed E-state index contributed by atoms with van der Waals surface area (Å²) < 4.78 is 32.1. The normalized spacial score (nSPS) is 29.1. The van der Waals surface area contributed by atoms with Gasteiger partial charge in [0.05, 0.1) is 29.0 Å². The van der Waals surface area contributed by atoms with Gasteiger partial charge in [-0.3, -0.25) is 0 Å². The Morgan fingerprint density at radius 3 is 2.17 bits per heavy atom. The number of rotatable bonds is 2. The molecule has 2 saturated heterocycles. The molecular weight excluding hydrogens is 310 g/mol. The van der Waals surface area contributed by atoms with Crippen molar-refractivity contribution in [2.75, 3.05) is 18.0 Å². The van der Waals surface area contributed by atoms with E-state index < -0.39 is 18.3 Å². The zero-order valence-electron chi connectivity index (χ0n) is 15.3. The number of nitrogens with zero attached hydrogens (tertiary/aromatic N) is 2. The van der Waals surface area contributed by atoms with Gasteiger partial charge in [-0.2, -0.15) is 0 Å². The largest absolute Gasteiger partial charge is 0.514 e. The average Bonchev–Trinajstić information content (AvgIpc) is 2.66. The fraction of sp³-hybridized carbons (Fsp3) is 0.706. The van der Waals surface area contributed by atoms with Gasteiger partial charge in [0.25, 0.3) is 0 Å². The molecule has 24 heavy (non-hydrogen) atoms. The van der Waals surface area contributed by atoms with Gasteiger partial charge in [-0.15, -0.1) is 0 Å². The van der Waals surface area contributed by atoms with Crippen LogP contribution in [0, 0.1) is 5.82 Å². The van der Waals surface area contributed by atoms with Crippen molar-refractivity contribution in [1.82, 2.24) is 4.98 Å². The van der Waals surface area contributed by atoms with E-state index in [1.165, 1.54) is 6.07 Å². The summed E-state index contributed by atoms with van der Waals surface area (Å²) in [6, 6.07) is 3.07. The molecule has 7 heteroatoms. The van der Waals surface area contributed by atoms with Crippen LogP contribution in [0.1, 0.15) is 41.5 Å². The molecule has 0 bridgehead atoms. The number of morpholine rings is 1. The van der Waals surface area contributed by atoms with E-state index in [2.05, 4.69) is 4.98 Å². The molecule has 2 aliphatic rings. The molecule has 0 aliphatic carbocycles. The molecule has 0 radical (unpaired) electrons. The molecule has 3 rings (SSSR count). The Morgan fingerprint density at radius 2 is 1.62 bits per heavy atom. The highest BCUT2D eigenvalue weighted by Crippen LogP contribution is 2.36. The summed E-state index contributed by atoms with van der Waals surface area (Å²) in [6.07, 6.45) is 0.0749. The fourth-order valence-corrected chi connectivity index (χ4v) is 3.11. The molecule has 0 N–H and O–H groups in total. The molecule has 5 nitrogen and oxygen atoms in total. The number of anilines is 1. The molecule has 0 aromatic carbocycles. The summed E-state index contributed by atoms with van der Waals surface area (Å²) in [5, 5.41) is 0. The van der Waals surface area contributed by atoms with Crippen LogP contribution in [0.3, 0.4) is 0 Å². The topological polar surface area (TPSA) is 43.8 Å². The first-order chi connectivity index (χ1) is 11.1. The van der Waals surface area contributed by atoms with E-state index in [-0.39, 0.29) is 18.0 Å². The van der Waals surface area contributed by atoms with E-state index >= 15 is 0 Å². The first-order valence-corrected chi connectivity index (χ1v) is 8.51. The number of aromatic nitrogens is 1. The van der Waals surface area contributed by atoms with Crippen LogP contribution in [-0.4, -0.2) is 48.6 Å². The maximum Gasteiger partial charge on any atom is 0.514 e. The first kappa shape index (κ1) is 17.6. The second-order valence-electron chi connectivity index (χ2n) is 7.79. The number of halogens is 1. The Labute approximate surface area is 143 Å². The maximum absolute atomic E-state index is 14.4. The Bertz CT molecular complexity index is 600. The SMILES string of the molecule is C[C@@H]1CN(c2nc(B3OC(C)(C)C(C)(C)O3)ccc2F)C[C@H](C)O1. The maximum atomic E-state index is 14.4. The highest BCUT2D eigenvalue weighted by atomic mass is 19.1. The van der Waals surface area contributed by atoms with E-state index in [1.54, 1.807) is 6.07 Å². The second-order valence-corrected chi connectivity index (χ2v) is 7.79. The van der Waals surface area contributed by atoms with E-state index in [0.29, 0.717) is 24.5 Å². The molecule has 3 heterocycles. The second kappa shape index (κ2) is 5.97. The molecule has 1 aromatic rings. The smallest absolute Gasteiger partial charge is 0.398 e. The van der Waals surface area contributed by atoms with Crippen molar-refractivity contribution in [3.8, 4) is 0 Å². The van der Waals surface area contributed by atoms with Crippen molar-refractivity contribution in [3.05, 3.63) is 17.9 Å². The van der Waals surface area contributed by atoms with Crippen molar-refractivity contribution < 1.29 is 18.4 Å². The molecule has 2 atom stereocenters. The zero-order valence-corrected chi connectivity index (χ0v) is 15.3. The van der Waals surface area contributed by atoms with Gasteiger partial charge in [0, 0.05) is 13.1 Å². The highest BCUT2D eigenvalue weighted by Gasteiger charge is 2.52. The van der Waals surface area contributed by atoms with Crippen LogP contribution in [-0.2, 0) is 14.0 Å². The number of hydrogen-bond donors (Lipinski definition) is 0. The van der Waals surface area contributed by atoms with Crippen LogP contribution < -0.4 is 10.5 Å². The van der Waals surface area contributed by atoms with Crippen molar-refractivity contribution in [2.24, 2.45) is 0 Å². The summed E-state index contributed by atoms with van der Waals surface area (Å²) in [5.74, 6) is 0.000722. The van der Waals surface area contributed by atoms with E-state index in [9.17, 15) is 4.39 Å². The lowest BCUT2D eigenvalue weighted by molar-refractivity contribution is -0.00564. The molecule has 2 fully saturated rings. The highest BCUT2D eigenvalue weighted by molar-refractivity contribution is 6.61. The monoisotopic (exact) mass is 336 g/mol. The Kier molecular flexibility index (Phi) is 4.39. The van der Waals surface area contributed by atoms with E-state index in [4.69, 9.17) is 14.0 Å². The van der Waals surface area contributed by atoms with Crippen LogP contribution in [0.2, 0.25) is 0 Å². The van der Waals surface area contributed by atoms with Crippen LogP contribution in [0.5, 0.6) is 0 Å². The van der Waals surface area contributed by atoms with E-state index in [0.717, 1.165) is 0 Å². The van der Waals surface area contributed by atoms with Crippen molar-refractivity contribution >= 4 is 18.5 Å². The predicted octanol–water partition coefficient (Wildman–Crippen LogP) is 2.13. The summed E-state index contributed by atoms with van der Waals surface area (Å²) in [7, 11) is -0.592. The first-order valence-electron chi connectivity index (χ1n) is 8.51. The summed E-state index contributed by atoms with van der Waals surface area (Å²) in [5.41, 5.74) is -0.303. The Morgan fingerprint density at radius 1 is 1.08 bits per heavy atom. The number of pyridine rings is 1. The fourth-order valence-electron chi connectivity index (χ4n) is 3.11. The zero-order chi connectivity index (χ0) is 17.7. The van der Waals surface area contributed by atoms with Crippen LogP contribution in [0.15, 0.2) is 12.1 Å². The minimum Gasteiger partial charge on any atom is -0.398 e. The summed E-state index contributed by atoms with van der Waals surface area (Å²) in [4.78, 5) is 6.46. The molecule has 2 aliphatic heterocycles. The van der Waals surface area contributed by atoms with Gasteiger partial charge < -0.3 is 18.9 Å². The molecule has 0 saturated carbocycles. The number of ether oxygens (including phenoxy) is 1. The van der Waals surface area contributed by atoms with Crippen molar-refractivity contribution in [2.45, 2.75) is 65.0 Å². The van der Waals surface area contributed by atoms with Gasteiger partial charge in [-0.05, 0) is 53.7 Å². The van der Waals surface area contributed by atoms with Gasteiger partial charge in [0.1, 0.15) is 0 Å². The lowest BCUT2D eigenvalue weighted by Gasteiger charge is -2.36. The van der Waals surface area contributed by atoms with Crippen molar-refractivity contribution in [3.63, 3.8) is 0 Å². The predicted molar refractivity (Wildman–Crippen MR) is 92.1 cm³/mol. The Balaban J connectivity index is 1.87. The summed E-state index contributed by atoms with van der Waals surface area (Å²) >= 11 is 0. The third-order valence-corrected chi connectivity index (χ3v) is 5.06. The molecule has 132 valence electrons. The third-order valence-electron chi connectivity index (χ3n) is 5.06.